The van der Waals surface area contributed by atoms with Crippen LogP contribution < -0.4 is 9.47 Å². The van der Waals surface area contributed by atoms with E-state index < -0.39 is 5.97 Å². The molecule has 9 heteroatoms. The van der Waals surface area contributed by atoms with E-state index in [2.05, 4.69) is 23.8 Å². The molecule has 0 aliphatic carbocycles. The third-order valence-electron chi connectivity index (χ3n) is 6.45. The van der Waals surface area contributed by atoms with E-state index in [1.165, 1.54) is 0 Å². The summed E-state index contributed by atoms with van der Waals surface area (Å²) >= 11 is 0. The van der Waals surface area contributed by atoms with Gasteiger partial charge < -0.3 is 24.0 Å². The van der Waals surface area contributed by atoms with Crippen LogP contribution >= 0.6 is 0 Å². The molecule has 0 spiro atoms. The molecule has 1 heterocycles. The fourth-order valence-corrected chi connectivity index (χ4v) is 4.44. The van der Waals surface area contributed by atoms with Gasteiger partial charge >= 0.3 is 5.97 Å². The van der Waals surface area contributed by atoms with Gasteiger partial charge in [-0.25, -0.2) is 9.48 Å². The van der Waals surface area contributed by atoms with Crippen molar-refractivity contribution in [2.45, 2.75) is 33.1 Å². The second kappa shape index (κ2) is 13.3. The highest BCUT2D eigenvalue weighted by Gasteiger charge is 2.25. The quantitative estimate of drug-likeness (QED) is 0.305. The van der Waals surface area contributed by atoms with Crippen LogP contribution in [0, 0.1) is 0 Å². The minimum absolute atomic E-state index is 0.0403. The van der Waals surface area contributed by atoms with Crippen molar-refractivity contribution in [1.82, 2.24) is 19.6 Å². The molecule has 1 aromatic heterocycles. The Labute approximate surface area is 231 Å². The van der Waals surface area contributed by atoms with E-state index >= 15 is 0 Å². The van der Waals surface area contributed by atoms with Crippen LogP contribution in [0.1, 0.15) is 59.5 Å². The molecular weight excluding hydrogens is 496 g/mol. The Morgan fingerprint density at radius 2 is 1.64 bits per heavy atom. The average Bonchev–Trinajstić information content (AvgIpc) is 3.36. The molecule has 0 saturated heterocycles. The summed E-state index contributed by atoms with van der Waals surface area (Å²) in [5, 5.41) is 4.67. The lowest BCUT2D eigenvalue weighted by atomic mass is 9.97. The van der Waals surface area contributed by atoms with Crippen LogP contribution in [0.15, 0.2) is 42.5 Å². The molecule has 0 fully saturated rings. The molecule has 0 aliphatic heterocycles. The van der Waals surface area contributed by atoms with Crippen LogP contribution in [0.3, 0.4) is 0 Å². The zero-order valence-corrected chi connectivity index (χ0v) is 24.3. The Morgan fingerprint density at radius 3 is 2.21 bits per heavy atom. The Hall–Kier alpha value is -3.85. The molecule has 3 aromatic rings. The Kier molecular flexibility index (Phi) is 10.1. The molecule has 1 amide bonds. The topological polar surface area (TPSA) is 86.1 Å². The SMILES string of the molecule is CCOC(=O)c1cc(-c2c(OC)cccc2OC)n(-c2ccc(C(=O)N(C)CCCN(C)C)cc2C(C)C)n1. The maximum atomic E-state index is 13.3. The zero-order valence-electron chi connectivity index (χ0n) is 24.3. The number of hydrogen-bond donors (Lipinski definition) is 0. The Bertz CT molecular complexity index is 1280. The lowest BCUT2D eigenvalue weighted by Crippen LogP contribution is -2.30. The number of benzene rings is 2. The van der Waals surface area contributed by atoms with Gasteiger partial charge in [0, 0.05) is 19.2 Å². The van der Waals surface area contributed by atoms with Crippen LogP contribution in [-0.4, -0.2) is 86.5 Å². The maximum Gasteiger partial charge on any atom is 0.358 e. The van der Waals surface area contributed by atoms with Crippen molar-refractivity contribution in [3.8, 4) is 28.4 Å². The molecule has 0 saturated carbocycles. The highest BCUT2D eigenvalue weighted by Crippen LogP contribution is 2.40. The molecule has 0 atom stereocenters. The monoisotopic (exact) mass is 536 g/mol. The van der Waals surface area contributed by atoms with E-state index in [4.69, 9.17) is 14.2 Å². The van der Waals surface area contributed by atoms with Crippen molar-refractivity contribution in [2.24, 2.45) is 0 Å². The van der Waals surface area contributed by atoms with E-state index in [0.29, 0.717) is 34.9 Å². The van der Waals surface area contributed by atoms with Gasteiger partial charge in [-0.15, -0.1) is 0 Å². The van der Waals surface area contributed by atoms with Gasteiger partial charge in [0.15, 0.2) is 5.69 Å². The minimum atomic E-state index is -0.524. The van der Waals surface area contributed by atoms with Gasteiger partial charge in [0.1, 0.15) is 11.5 Å². The smallest absolute Gasteiger partial charge is 0.358 e. The van der Waals surface area contributed by atoms with Crippen LogP contribution in [0.4, 0.5) is 0 Å². The first kappa shape index (κ1) is 29.7. The van der Waals surface area contributed by atoms with Gasteiger partial charge in [-0.05, 0) is 81.9 Å². The number of nitrogens with zero attached hydrogens (tertiary/aromatic N) is 4. The molecule has 2 aromatic carbocycles. The Balaban J connectivity index is 2.16. The van der Waals surface area contributed by atoms with Crippen LogP contribution in [0.5, 0.6) is 11.5 Å². The maximum absolute atomic E-state index is 13.3. The van der Waals surface area contributed by atoms with Crippen LogP contribution in [0.2, 0.25) is 0 Å². The number of esters is 1. The van der Waals surface area contributed by atoms with E-state index in [9.17, 15) is 9.59 Å². The minimum Gasteiger partial charge on any atom is -0.496 e. The summed E-state index contributed by atoms with van der Waals surface area (Å²) in [5.74, 6) is 0.644. The van der Waals surface area contributed by atoms with Gasteiger partial charge in [0.25, 0.3) is 5.91 Å². The van der Waals surface area contributed by atoms with Gasteiger partial charge in [0.05, 0.1) is 37.8 Å². The number of carbonyl (C=O) groups is 2. The largest absolute Gasteiger partial charge is 0.496 e. The lowest BCUT2D eigenvalue weighted by molar-refractivity contribution is 0.0518. The summed E-state index contributed by atoms with van der Waals surface area (Å²) < 4.78 is 18.3. The van der Waals surface area contributed by atoms with E-state index in [0.717, 1.165) is 24.2 Å². The van der Waals surface area contributed by atoms with Crippen LogP contribution in [-0.2, 0) is 4.74 Å². The molecule has 0 unspecified atom stereocenters. The number of ether oxygens (including phenoxy) is 3. The summed E-state index contributed by atoms with van der Waals surface area (Å²) in [6, 6.07) is 12.8. The number of amides is 1. The predicted molar refractivity (Wildman–Crippen MR) is 152 cm³/mol. The normalized spacial score (nSPS) is 11.1. The second-order valence-corrected chi connectivity index (χ2v) is 9.90. The first-order chi connectivity index (χ1) is 18.6. The molecule has 0 aliphatic rings. The molecule has 210 valence electrons. The Morgan fingerprint density at radius 1 is 0.974 bits per heavy atom. The summed E-state index contributed by atoms with van der Waals surface area (Å²) in [5.41, 5.74) is 3.68. The molecule has 3 rings (SSSR count). The summed E-state index contributed by atoms with van der Waals surface area (Å²) in [6.07, 6.45) is 0.887. The first-order valence-electron chi connectivity index (χ1n) is 13.2. The van der Waals surface area contributed by atoms with Crippen LogP contribution in [0.25, 0.3) is 16.9 Å². The standard InChI is InChI=1S/C30H40N4O5/c1-9-39-30(36)23-19-25(28-26(37-7)12-10-13-27(28)38-8)34(31-23)24-15-14-21(18-22(24)20(2)3)29(35)33(6)17-11-16-32(4)5/h10,12-15,18-20H,9,11,16-17H2,1-8H3. The highest BCUT2D eigenvalue weighted by molar-refractivity contribution is 5.95. The summed E-state index contributed by atoms with van der Waals surface area (Å²) in [7, 11) is 9.03. The van der Waals surface area contributed by atoms with Crippen molar-refractivity contribution >= 4 is 11.9 Å². The lowest BCUT2D eigenvalue weighted by Gasteiger charge is -2.21. The fourth-order valence-electron chi connectivity index (χ4n) is 4.44. The fraction of sp³-hybridized carbons (Fsp3) is 0.433. The molecule has 0 radical (unpaired) electrons. The number of carbonyl (C=O) groups excluding carboxylic acids is 2. The number of methoxy groups -OCH3 is 2. The van der Waals surface area contributed by atoms with Gasteiger partial charge in [0.2, 0.25) is 0 Å². The van der Waals surface area contributed by atoms with Crippen molar-refractivity contribution in [3.63, 3.8) is 0 Å². The third kappa shape index (κ3) is 6.78. The number of hydrogen-bond acceptors (Lipinski definition) is 7. The average molecular weight is 537 g/mol. The van der Waals surface area contributed by atoms with Crippen molar-refractivity contribution in [2.75, 3.05) is 55.1 Å². The second-order valence-electron chi connectivity index (χ2n) is 9.90. The molecule has 0 N–H and O–H groups in total. The molecule has 9 nitrogen and oxygen atoms in total. The van der Waals surface area contributed by atoms with E-state index in [1.807, 2.05) is 51.5 Å². The molecule has 39 heavy (non-hydrogen) atoms. The summed E-state index contributed by atoms with van der Waals surface area (Å²) in [4.78, 5) is 29.8. The molecule has 0 bridgehead atoms. The van der Waals surface area contributed by atoms with E-state index in [1.54, 1.807) is 42.9 Å². The highest BCUT2D eigenvalue weighted by atomic mass is 16.5. The molecular formula is C30H40N4O5. The van der Waals surface area contributed by atoms with Gasteiger partial charge in [-0.3, -0.25) is 4.79 Å². The number of rotatable bonds is 12. The first-order valence-corrected chi connectivity index (χ1v) is 13.2. The number of aromatic nitrogens is 2. The van der Waals surface area contributed by atoms with Crippen molar-refractivity contribution < 1.29 is 23.8 Å². The third-order valence-corrected chi connectivity index (χ3v) is 6.45. The van der Waals surface area contributed by atoms with Gasteiger partial charge in [-0.2, -0.15) is 5.10 Å². The zero-order chi connectivity index (χ0) is 28.7. The van der Waals surface area contributed by atoms with Gasteiger partial charge in [-0.1, -0.05) is 19.9 Å². The summed E-state index contributed by atoms with van der Waals surface area (Å²) in [6.45, 7) is 7.68. The van der Waals surface area contributed by atoms with E-state index in [-0.39, 0.29) is 24.1 Å². The van der Waals surface area contributed by atoms with Crippen molar-refractivity contribution in [1.29, 1.82) is 0 Å². The van der Waals surface area contributed by atoms with Crippen molar-refractivity contribution in [3.05, 3.63) is 59.3 Å². The predicted octanol–water partition coefficient (Wildman–Crippen LogP) is 4.88.